The zero-order chi connectivity index (χ0) is 13.0. The quantitative estimate of drug-likeness (QED) is 0.504. The number of pyridine rings is 1. The maximum Gasteiger partial charge on any atom is 0.274 e. The van der Waals surface area contributed by atoms with Crippen molar-refractivity contribution in [1.82, 2.24) is 9.88 Å². The molecule has 0 radical (unpaired) electrons. The van der Waals surface area contributed by atoms with Crippen molar-refractivity contribution in [2.24, 2.45) is 5.73 Å². The number of halogens is 1. The van der Waals surface area contributed by atoms with E-state index >= 15 is 0 Å². The van der Waals surface area contributed by atoms with Crippen molar-refractivity contribution < 1.29 is 4.92 Å². The number of nitrogens with two attached hydrogens (primary N) is 1. The first-order chi connectivity index (χ1) is 7.91. The third kappa shape index (κ3) is 3.60. The molecule has 1 aromatic rings. The summed E-state index contributed by atoms with van der Waals surface area (Å²) in [5, 5.41) is 10.7. The van der Waals surface area contributed by atoms with E-state index in [0.29, 0.717) is 5.15 Å². The first kappa shape index (κ1) is 13.2. The van der Waals surface area contributed by atoms with Gasteiger partial charge < -0.3 is 10.6 Å². The summed E-state index contributed by atoms with van der Waals surface area (Å²) in [4.78, 5) is 15.3. The Morgan fingerprint density at radius 2 is 2.35 bits per heavy atom. The molecule has 7 heteroatoms. The Morgan fingerprint density at radius 1 is 1.71 bits per heavy atom. The Bertz CT molecular complexity index is 432. The molecule has 6 nitrogen and oxygen atoms in total. The molecule has 0 bridgehead atoms. The van der Waals surface area contributed by atoms with E-state index in [1.165, 1.54) is 0 Å². The second-order valence-electron chi connectivity index (χ2n) is 3.54. The van der Waals surface area contributed by atoms with E-state index in [9.17, 15) is 10.1 Å². The Hall–Kier alpha value is -1.82. The highest BCUT2D eigenvalue weighted by atomic mass is 35.5. The van der Waals surface area contributed by atoms with Gasteiger partial charge in [0.2, 0.25) is 0 Å². The topological polar surface area (TPSA) is 85.3 Å². The lowest BCUT2D eigenvalue weighted by Crippen LogP contribution is -2.27. The summed E-state index contributed by atoms with van der Waals surface area (Å²) in [7, 11) is 1.68. The van der Waals surface area contributed by atoms with Gasteiger partial charge in [0.15, 0.2) is 5.82 Å². The van der Waals surface area contributed by atoms with Crippen LogP contribution in [0.2, 0.25) is 5.15 Å². The molecule has 1 aromatic heterocycles. The van der Waals surface area contributed by atoms with Gasteiger partial charge in [0, 0.05) is 13.2 Å². The van der Waals surface area contributed by atoms with E-state index in [0.717, 1.165) is 11.8 Å². The number of nitro groups is 1. The third-order valence-electron chi connectivity index (χ3n) is 2.46. The number of rotatable bonds is 4. The van der Waals surface area contributed by atoms with Crippen LogP contribution in [0.15, 0.2) is 30.4 Å². The number of hydrogen-bond donors (Lipinski definition) is 1. The molecule has 0 spiro atoms. The third-order valence-corrected chi connectivity index (χ3v) is 2.68. The average molecular weight is 257 g/mol. The largest absolute Gasteiger partial charge is 0.380 e. The Balaban J connectivity index is 2.86. The lowest BCUT2D eigenvalue weighted by molar-refractivity contribution is -0.404. The first-order valence-corrected chi connectivity index (χ1v) is 5.24. The van der Waals surface area contributed by atoms with Crippen LogP contribution in [0.1, 0.15) is 18.5 Å². The van der Waals surface area contributed by atoms with Crippen LogP contribution in [0.3, 0.4) is 0 Å². The van der Waals surface area contributed by atoms with Gasteiger partial charge in [-0.3, -0.25) is 10.1 Å². The van der Waals surface area contributed by atoms with Gasteiger partial charge in [-0.15, -0.1) is 0 Å². The van der Waals surface area contributed by atoms with Crippen molar-refractivity contribution in [3.8, 4) is 0 Å². The molecule has 0 saturated heterocycles. The molecule has 92 valence electrons. The van der Waals surface area contributed by atoms with Crippen molar-refractivity contribution in [2.45, 2.75) is 13.0 Å². The molecule has 1 heterocycles. The SMILES string of the molecule is CC(c1ccc(Cl)nc1)N(C)/C(N)=C\[N+](=O)[O-]. The summed E-state index contributed by atoms with van der Waals surface area (Å²) >= 11 is 5.68. The van der Waals surface area contributed by atoms with Crippen LogP contribution in [0.25, 0.3) is 0 Å². The van der Waals surface area contributed by atoms with Gasteiger partial charge in [0.05, 0.1) is 11.0 Å². The Kier molecular flexibility index (Phi) is 4.28. The van der Waals surface area contributed by atoms with E-state index in [1.807, 2.05) is 6.92 Å². The normalized spacial score (nSPS) is 13.2. The van der Waals surface area contributed by atoms with Crippen molar-refractivity contribution >= 4 is 11.6 Å². The highest BCUT2D eigenvalue weighted by Gasteiger charge is 2.14. The van der Waals surface area contributed by atoms with E-state index in [4.69, 9.17) is 17.3 Å². The van der Waals surface area contributed by atoms with Crippen molar-refractivity contribution in [1.29, 1.82) is 0 Å². The fourth-order valence-corrected chi connectivity index (χ4v) is 1.39. The standard InChI is InChI=1S/C10H13ClN4O2/c1-7(8-3-4-9(11)13-5-8)14(2)10(12)6-15(16)17/h3-7H,12H2,1-2H3/b10-6-. The second kappa shape index (κ2) is 5.49. The minimum absolute atomic E-state index is 0.0810. The first-order valence-electron chi connectivity index (χ1n) is 4.87. The number of aromatic nitrogens is 1. The van der Waals surface area contributed by atoms with Crippen LogP contribution >= 0.6 is 11.6 Å². The Morgan fingerprint density at radius 3 is 2.82 bits per heavy atom. The number of nitrogens with zero attached hydrogens (tertiary/aromatic N) is 3. The second-order valence-corrected chi connectivity index (χ2v) is 3.93. The lowest BCUT2D eigenvalue weighted by atomic mass is 10.1. The lowest BCUT2D eigenvalue weighted by Gasteiger charge is -2.25. The predicted octanol–water partition coefficient (Wildman–Crippen LogP) is 1.76. The zero-order valence-electron chi connectivity index (χ0n) is 9.50. The van der Waals surface area contributed by atoms with Gasteiger partial charge in [-0.25, -0.2) is 4.98 Å². The van der Waals surface area contributed by atoms with Gasteiger partial charge in [0.25, 0.3) is 6.20 Å². The fraction of sp³-hybridized carbons (Fsp3) is 0.300. The maximum absolute atomic E-state index is 10.3. The minimum Gasteiger partial charge on any atom is -0.380 e. The molecule has 0 aliphatic carbocycles. The van der Waals surface area contributed by atoms with Gasteiger partial charge in [-0.05, 0) is 18.6 Å². The molecule has 0 saturated carbocycles. The van der Waals surface area contributed by atoms with Crippen LogP contribution in [0, 0.1) is 10.1 Å². The van der Waals surface area contributed by atoms with E-state index in [1.54, 1.807) is 30.3 Å². The minimum atomic E-state index is -0.585. The molecule has 17 heavy (non-hydrogen) atoms. The van der Waals surface area contributed by atoms with Gasteiger partial charge >= 0.3 is 0 Å². The molecule has 1 atom stereocenters. The fourth-order valence-electron chi connectivity index (χ4n) is 1.28. The average Bonchev–Trinajstić information content (AvgIpc) is 2.27. The smallest absolute Gasteiger partial charge is 0.274 e. The van der Waals surface area contributed by atoms with Crippen LogP contribution in [-0.2, 0) is 0 Å². The number of hydrogen-bond acceptors (Lipinski definition) is 5. The van der Waals surface area contributed by atoms with Crippen LogP contribution in [-0.4, -0.2) is 21.9 Å². The predicted molar refractivity (Wildman–Crippen MR) is 64.7 cm³/mol. The van der Waals surface area contributed by atoms with Crippen molar-refractivity contribution in [3.63, 3.8) is 0 Å². The molecule has 1 rings (SSSR count). The summed E-state index contributed by atoms with van der Waals surface area (Å²) < 4.78 is 0. The van der Waals surface area contributed by atoms with Crippen LogP contribution in [0.4, 0.5) is 0 Å². The Labute approximate surface area is 104 Å². The highest BCUT2D eigenvalue weighted by molar-refractivity contribution is 6.29. The summed E-state index contributed by atoms with van der Waals surface area (Å²) in [6.45, 7) is 1.87. The summed E-state index contributed by atoms with van der Waals surface area (Å²) in [6.07, 6.45) is 2.38. The molecule has 2 N–H and O–H groups in total. The van der Waals surface area contributed by atoms with Crippen molar-refractivity contribution in [3.05, 3.63) is 51.2 Å². The molecule has 0 aliphatic rings. The molecule has 0 aliphatic heterocycles. The molecule has 1 unspecified atom stereocenters. The van der Waals surface area contributed by atoms with Crippen LogP contribution in [0.5, 0.6) is 0 Å². The molecular formula is C10H13ClN4O2. The molecule has 0 amide bonds. The van der Waals surface area contributed by atoms with E-state index in [-0.39, 0.29) is 11.9 Å². The summed E-state index contributed by atoms with van der Waals surface area (Å²) in [6, 6.07) is 3.33. The van der Waals surface area contributed by atoms with Gasteiger partial charge in [0.1, 0.15) is 5.15 Å². The molecular weight excluding hydrogens is 244 g/mol. The van der Waals surface area contributed by atoms with E-state index in [2.05, 4.69) is 4.98 Å². The van der Waals surface area contributed by atoms with Gasteiger partial charge in [-0.1, -0.05) is 17.7 Å². The van der Waals surface area contributed by atoms with Crippen LogP contribution < -0.4 is 5.73 Å². The monoisotopic (exact) mass is 256 g/mol. The maximum atomic E-state index is 10.3. The van der Waals surface area contributed by atoms with Gasteiger partial charge in [-0.2, -0.15) is 0 Å². The summed E-state index contributed by atoms with van der Waals surface area (Å²) in [5.41, 5.74) is 6.46. The molecule has 0 aromatic carbocycles. The zero-order valence-corrected chi connectivity index (χ0v) is 10.3. The van der Waals surface area contributed by atoms with E-state index < -0.39 is 4.92 Å². The molecule has 0 fully saturated rings. The highest BCUT2D eigenvalue weighted by Crippen LogP contribution is 2.20. The van der Waals surface area contributed by atoms with Crippen molar-refractivity contribution in [2.75, 3.05) is 7.05 Å². The summed E-state index contributed by atoms with van der Waals surface area (Å²) in [5.74, 6) is 0.0810.